The van der Waals surface area contributed by atoms with Crippen LogP contribution in [0, 0.1) is 19.8 Å². The SMILES string of the molecule is Cc1nc(C)nc(OCC2CCCCC2)n1. The molecule has 0 spiro atoms. The van der Waals surface area contributed by atoms with Crippen molar-refractivity contribution in [1.29, 1.82) is 0 Å². The van der Waals surface area contributed by atoms with Crippen LogP contribution in [-0.2, 0) is 0 Å². The van der Waals surface area contributed by atoms with Crippen LogP contribution < -0.4 is 4.74 Å². The molecule has 1 fully saturated rings. The zero-order valence-corrected chi connectivity index (χ0v) is 10.1. The van der Waals surface area contributed by atoms with E-state index in [-0.39, 0.29) is 0 Å². The van der Waals surface area contributed by atoms with Gasteiger partial charge in [-0.25, -0.2) is 4.98 Å². The number of nitrogens with zero attached hydrogens (tertiary/aromatic N) is 3. The number of hydrogen-bond acceptors (Lipinski definition) is 4. The minimum Gasteiger partial charge on any atom is -0.463 e. The Bertz CT molecular complexity index is 328. The largest absolute Gasteiger partial charge is 0.463 e. The van der Waals surface area contributed by atoms with Gasteiger partial charge in [-0.2, -0.15) is 9.97 Å². The molecule has 0 aliphatic heterocycles. The van der Waals surface area contributed by atoms with E-state index in [1.54, 1.807) is 0 Å². The van der Waals surface area contributed by atoms with Gasteiger partial charge in [0, 0.05) is 0 Å². The van der Waals surface area contributed by atoms with Crippen LogP contribution in [0.1, 0.15) is 43.8 Å². The quantitative estimate of drug-likeness (QED) is 0.786. The fraction of sp³-hybridized carbons (Fsp3) is 0.750. The van der Waals surface area contributed by atoms with Crippen LogP contribution >= 0.6 is 0 Å². The van der Waals surface area contributed by atoms with Gasteiger partial charge in [0.15, 0.2) is 0 Å². The van der Waals surface area contributed by atoms with Gasteiger partial charge in [0.2, 0.25) is 0 Å². The van der Waals surface area contributed by atoms with E-state index in [4.69, 9.17) is 4.74 Å². The second-order valence-electron chi connectivity index (χ2n) is 4.53. The van der Waals surface area contributed by atoms with Gasteiger partial charge in [0.1, 0.15) is 11.6 Å². The normalized spacial score (nSPS) is 17.4. The Morgan fingerprint density at radius 3 is 2.25 bits per heavy atom. The molecule has 0 bridgehead atoms. The van der Waals surface area contributed by atoms with Crippen molar-refractivity contribution in [2.24, 2.45) is 5.92 Å². The molecule has 16 heavy (non-hydrogen) atoms. The first kappa shape index (κ1) is 11.3. The minimum atomic E-state index is 0.482. The summed E-state index contributed by atoms with van der Waals surface area (Å²) in [6.07, 6.45) is 6.61. The number of aromatic nitrogens is 3. The standard InChI is InChI=1S/C12H19N3O/c1-9-13-10(2)15-12(14-9)16-8-11-6-4-3-5-7-11/h11H,3-8H2,1-2H3. The molecule has 4 nitrogen and oxygen atoms in total. The lowest BCUT2D eigenvalue weighted by Gasteiger charge is -2.20. The van der Waals surface area contributed by atoms with E-state index in [9.17, 15) is 0 Å². The summed E-state index contributed by atoms with van der Waals surface area (Å²) in [6, 6.07) is 0.482. The van der Waals surface area contributed by atoms with E-state index >= 15 is 0 Å². The summed E-state index contributed by atoms with van der Waals surface area (Å²) in [7, 11) is 0. The predicted molar refractivity (Wildman–Crippen MR) is 61.4 cm³/mol. The first-order valence-electron chi connectivity index (χ1n) is 6.06. The second kappa shape index (κ2) is 5.23. The van der Waals surface area contributed by atoms with Crippen molar-refractivity contribution >= 4 is 0 Å². The molecule has 0 saturated heterocycles. The lowest BCUT2D eigenvalue weighted by molar-refractivity contribution is 0.195. The van der Waals surface area contributed by atoms with Crippen LogP contribution in [0.2, 0.25) is 0 Å². The molecule has 0 unspecified atom stereocenters. The summed E-state index contributed by atoms with van der Waals surface area (Å²) in [5.74, 6) is 2.14. The van der Waals surface area contributed by atoms with Gasteiger partial charge in [-0.15, -0.1) is 0 Å². The summed E-state index contributed by atoms with van der Waals surface area (Å²) in [5.41, 5.74) is 0. The zero-order chi connectivity index (χ0) is 11.4. The number of hydrogen-bond donors (Lipinski definition) is 0. The Kier molecular flexibility index (Phi) is 3.70. The Balaban J connectivity index is 1.88. The van der Waals surface area contributed by atoms with Crippen molar-refractivity contribution in [3.8, 4) is 6.01 Å². The van der Waals surface area contributed by atoms with Gasteiger partial charge < -0.3 is 4.74 Å². The maximum atomic E-state index is 5.64. The lowest BCUT2D eigenvalue weighted by atomic mass is 9.90. The van der Waals surface area contributed by atoms with Crippen LogP contribution in [0.4, 0.5) is 0 Å². The topological polar surface area (TPSA) is 47.9 Å². The van der Waals surface area contributed by atoms with Crippen LogP contribution in [0.5, 0.6) is 6.01 Å². The molecule has 0 N–H and O–H groups in total. The summed E-state index contributed by atoms with van der Waals surface area (Å²) in [6.45, 7) is 4.48. The van der Waals surface area contributed by atoms with Crippen LogP contribution in [0.25, 0.3) is 0 Å². The van der Waals surface area contributed by atoms with Crippen molar-refractivity contribution in [1.82, 2.24) is 15.0 Å². The molecule has 1 saturated carbocycles. The maximum absolute atomic E-state index is 5.64. The van der Waals surface area contributed by atoms with Crippen LogP contribution in [0.15, 0.2) is 0 Å². The smallest absolute Gasteiger partial charge is 0.319 e. The molecule has 0 radical (unpaired) electrons. The van der Waals surface area contributed by atoms with E-state index < -0.39 is 0 Å². The Morgan fingerprint density at radius 1 is 1.00 bits per heavy atom. The monoisotopic (exact) mass is 221 g/mol. The Labute approximate surface area is 96.5 Å². The molecule has 1 aliphatic carbocycles. The van der Waals surface area contributed by atoms with Crippen molar-refractivity contribution in [3.63, 3.8) is 0 Å². The van der Waals surface area contributed by atoms with Crippen LogP contribution in [0.3, 0.4) is 0 Å². The highest BCUT2D eigenvalue weighted by Gasteiger charge is 2.14. The highest BCUT2D eigenvalue weighted by atomic mass is 16.5. The summed E-state index contributed by atoms with van der Waals surface area (Å²) >= 11 is 0. The van der Waals surface area contributed by atoms with Crippen LogP contribution in [-0.4, -0.2) is 21.6 Å². The molecule has 4 heteroatoms. The Hall–Kier alpha value is -1.19. The molecule has 1 aliphatic rings. The van der Waals surface area contributed by atoms with E-state index in [0.29, 0.717) is 11.9 Å². The van der Waals surface area contributed by atoms with Gasteiger partial charge in [0.05, 0.1) is 6.61 Å². The number of ether oxygens (including phenoxy) is 1. The molecular formula is C12H19N3O. The van der Waals surface area contributed by atoms with E-state index in [1.165, 1.54) is 32.1 Å². The summed E-state index contributed by atoms with van der Waals surface area (Å²) in [4.78, 5) is 12.5. The highest BCUT2D eigenvalue weighted by Crippen LogP contribution is 2.23. The third-order valence-electron chi connectivity index (χ3n) is 3.01. The minimum absolute atomic E-state index is 0.482. The second-order valence-corrected chi connectivity index (χ2v) is 4.53. The first-order chi connectivity index (χ1) is 7.74. The van der Waals surface area contributed by atoms with E-state index in [1.807, 2.05) is 13.8 Å². The molecule has 1 heterocycles. The third-order valence-corrected chi connectivity index (χ3v) is 3.01. The highest BCUT2D eigenvalue weighted by molar-refractivity contribution is 4.99. The van der Waals surface area contributed by atoms with Crippen molar-refractivity contribution in [2.75, 3.05) is 6.61 Å². The average molecular weight is 221 g/mol. The van der Waals surface area contributed by atoms with Gasteiger partial charge in [-0.1, -0.05) is 19.3 Å². The van der Waals surface area contributed by atoms with Gasteiger partial charge in [0.25, 0.3) is 0 Å². The first-order valence-corrected chi connectivity index (χ1v) is 6.06. The third kappa shape index (κ3) is 3.15. The predicted octanol–water partition coefficient (Wildman–Crippen LogP) is 2.45. The molecule has 0 atom stereocenters. The molecule has 88 valence electrons. The number of rotatable bonds is 3. The zero-order valence-electron chi connectivity index (χ0n) is 10.1. The Morgan fingerprint density at radius 2 is 1.62 bits per heavy atom. The van der Waals surface area contributed by atoms with Crippen molar-refractivity contribution in [2.45, 2.75) is 46.0 Å². The summed E-state index contributed by atoms with van der Waals surface area (Å²) in [5, 5.41) is 0. The van der Waals surface area contributed by atoms with Gasteiger partial charge >= 0.3 is 6.01 Å². The van der Waals surface area contributed by atoms with Crippen molar-refractivity contribution < 1.29 is 4.74 Å². The molecule has 0 aromatic carbocycles. The van der Waals surface area contributed by atoms with E-state index in [0.717, 1.165) is 18.3 Å². The molecule has 2 rings (SSSR count). The summed E-state index contributed by atoms with van der Waals surface area (Å²) < 4.78 is 5.64. The van der Waals surface area contributed by atoms with Gasteiger partial charge in [-0.05, 0) is 32.6 Å². The maximum Gasteiger partial charge on any atom is 0.319 e. The lowest BCUT2D eigenvalue weighted by Crippen LogP contribution is -2.16. The molecule has 1 aromatic rings. The molecular weight excluding hydrogens is 202 g/mol. The molecule has 0 amide bonds. The van der Waals surface area contributed by atoms with E-state index in [2.05, 4.69) is 15.0 Å². The average Bonchev–Trinajstić information content (AvgIpc) is 2.27. The number of aryl methyl sites for hydroxylation is 2. The van der Waals surface area contributed by atoms with Gasteiger partial charge in [-0.3, -0.25) is 0 Å². The fourth-order valence-electron chi connectivity index (χ4n) is 2.20. The fourth-order valence-corrected chi connectivity index (χ4v) is 2.20. The molecule has 1 aromatic heterocycles. The van der Waals surface area contributed by atoms with Crippen molar-refractivity contribution in [3.05, 3.63) is 11.6 Å².